The molecule has 1 amide bonds. The summed E-state index contributed by atoms with van der Waals surface area (Å²) in [6.07, 6.45) is 1.50. The molecule has 2 aromatic carbocycles. The van der Waals surface area contributed by atoms with Crippen molar-refractivity contribution in [2.75, 3.05) is 12.4 Å². The van der Waals surface area contributed by atoms with Gasteiger partial charge < -0.3 is 10.5 Å². The van der Waals surface area contributed by atoms with Gasteiger partial charge in [0, 0.05) is 11.5 Å². The summed E-state index contributed by atoms with van der Waals surface area (Å²) in [6, 6.07) is 11.3. The van der Waals surface area contributed by atoms with Gasteiger partial charge in [-0.2, -0.15) is 5.10 Å². The van der Waals surface area contributed by atoms with Gasteiger partial charge in [0.2, 0.25) is 0 Å². The van der Waals surface area contributed by atoms with E-state index in [0.29, 0.717) is 17.6 Å². The monoisotopic (exact) mass is 381 g/mol. The smallest absolute Gasteiger partial charge is 0.411 e. The Morgan fingerprint density at radius 1 is 1.43 bits per heavy atom. The Morgan fingerprint density at radius 2 is 2.18 bits per heavy atom. The van der Waals surface area contributed by atoms with Crippen LogP contribution in [0.5, 0.6) is 0 Å². The highest BCUT2D eigenvalue weighted by Gasteiger charge is 2.22. The predicted molar refractivity (Wildman–Crippen MR) is 105 cm³/mol. The van der Waals surface area contributed by atoms with Crippen molar-refractivity contribution in [2.45, 2.75) is 12.5 Å². The first-order valence-electron chi connectivity index (χ1n) is 8.44. The second-order valence-corrected chi connectivity index (χ2v) is 6.02. The SMILES string of the molecule is C=CC[C@H](N)c1nn(-c2ccc(NC(=O)OC)cc2[N+](=O)[O-])c2ccccc12. The van der Waals surface area contributed by atoms with E-state index in [1.54, 1.807) is 12.1 Å². The average molecular weight is 381 g/mol. The molecule has 9 heteroatoms. The van der Waals surface area contributed by atoms with E-state index in [1.165, 1.54) is 23.9 Å². The van der Waals surface area contributed by atoms with Crippen molar-refractivity contribution >= 4 is 28.4 Å². The van der Waals surface area contributed by atoms with Crippen LogP contribution < -0.4 is 11.1 Å². The minimum absolute atomic E-state index is 0.217. The molecule has 0 aliphatic heterocycles. The van der Waals surface area contributed by atoms with Crippen LogP contribution in [0.4, 0.5) is 16.2 Å². The Bertz CT molecular complexity index is 1060. The van der Waals surface area contributed by atoms with Gasteiger partial charge in [-0.25, -0.2) is 9.48 Å². The fourth-order valence-electron chi connectivity index (χ4n) is 2.93. The molecule has 28 heavy (non-hydrogen) atoms. The summed E-state index contributed by atoms with van der Waals surface area (Å²) in [4.78, 5) is 22.5. The third kappa shape index (κ3) is 3.55. The molecule has 3 rings (SSSR count). The summed E-state index contributed by atoms with van der Waals surface area (Å²) in [5.41, 5.74) is 7.81. The quantitative estimate of drug-likeness (QED) is 0.381. The summed E-state index contributed by atoms with van der Waals surface area (Å²) in [5, 5.41) is 19.4. The lowest BCUT2D eigenvalue weighted by atomic mass is 10.1. The van der Waals surface area contributed by atoms with Gasteiger partial charge in [-0.3, -0.25) is 15.4 Å². The number of methoxy groups -OCH3 is 1. The Hall–Kier alpha value is -3.72. The van der Waals surface area contributed by atoms with Crippen LogP contribution in [-0.2, 0) is 4.74 Å². The van der Waals surface area contributed by atoms with Crippen molar-refractivity contribution in [1.29, 1.82) is 0 Å². The van der Waals surface area contributed by atoms with Crippen LogP contribution in [0.25, 0.3) is 16.6 Å². The van der Waals surface area contributed by atoms with E-state index >= 15 is 0 Å². The third-order valence-corrected chi connectivity index (χ3v) is 4.22. The number of benzene rings is 2. The number of para-hydroxylation sites is 1. The summed E-state index contributed by atoms with van der Waals surface area (Å²) in [7, 11) is 1.21. The molecule has 3 aromatic rings. The summed E-state index contributed by atoms with van der Waals surface area (Å²) >= 11 is 0. The van der Waals surface area contributed by atoms with E-state index in [1.807, 2.05) is 24.3 Å². The molecule has 0 aliphatic rings. The van der Waals surface area contributed by atoms with Crippen molar-refractivity contribution in [3.63, 3.8) is 0 Å². The minimum Gasteiger partial charge on any atom is -0.453 e. The van der Waals surface area contributed by atoms with E-state index in [9.17, 15) is 14.9 Å². The topological polar surface area (TPSA) is 125 Å². The zero-order valence-corrected chi connectivity index (χ0v) is 15.2. The Balaban J connectivity index is 2.17. The third-order valence-electron chi connectivity index (χ3n) is 4.22. The summed E-state index contributed by atoms with van der Waals surface area (Å²) < 4.78 is 6.01. The predicted octanol–water partition coefficient (Wildman–Crippen LogP) is 3.69. The van der Waals surface area contributed by atoms with Crippen LogP contribution in [-0.4, -0.2) is 27.9 Å². The highest BCUT2D eigenvalue weighted by Crippen LogP contribution is 2.32. The molecule has 1 aromatic heterocycles. The van der Waals surface area contributed by atoms with Gasteiger partial charge in [-0.15, -0.1) is 6.58 Å². The first-order chi connectivity index (χ1) is 13.5. The van der Waals surface area contributed by atoms with Gasteiger partial charge in [0.25, 0.3) is 5.69 Å². The number of ether oxygens (including phenoxy) is 1. The largest absolute Gasteiger partial charge is 0.453 e. The number of hydrogen-bond acceptors (Lipinski definition) is 6. The Morgan fingerprint density at radius 3 is 2.86 bits per heavy atom. The molecule has 0 spiro atoms. The maximum absolute atomic E-state index is 11.7. The van der Waals surface area contributed by atoms with Crippen LogP contribution in [0.15, 0.2) is 55.1 Å². The number of nitrogens with two attached hydrogens (primary N) is 1. The van der Waals surface area contributed by atoms with Crippen molar-refractivity contribution in [1.82, 2.24) is 9.78 Å². The minimum atomic E-state index is -0.718. The van der Waals surface area contributed by atoms with Crippen molar-refractivity contribution in [3.05, 3.63) is 70.9 Å². The van der Waals surface area contributed by atoms with Gasteiger partial charge in [-0.05, 0) is 24.6 Å². The number of amides is 1. The number of fused-ring (bicyclic) bond motifs is 1. The van der Waals surface area contributed by atoms with Gasteiger partial charge >= 0.3 is 6.09 Å². The molecule has 0 saturated carbocycles. The first-order valence-corrected chi connectivity index (χ1v) is 8.44. The van der Waals surface area contributed by atoms with E-state index in [-0.39, 0.29) is 23.1 Å². The number of nitrogens with zero attached hydrogens (tertiary/aromatic N) is 3. The lowest BCUT2D eigenvalue weighted by Gasteiger charge is -2.08. The van der Waals surface area contributed by atoms with E-state index in [0.717, 1.165) is 5.39 Å². The molecular formula is C19H19N5O4. The molecule has 0 unspecified atom stereocenters. The number of carbonyl (C=O) groups is 1. The molecular weight excluding hydrogens is 362 g/mol. The highest BCUT2D eigenvalue weighted by molar-refractivity contribution is 5.87. The van der Waals surface area contributed by atoms with Crippen LogP contribution in [0.2, 0.25) is 0 Å². The van der Waals surface area contributed by atoms with Gasteiger partial charge in [0.15, 0.2) is 0 Å². The number of anilines is 1. The summed E-state index contributed by atoms with van der Waals surface area (Å²) in [5.74, 6) is 0. The molecule has 9 nitrogen and oxygen atoms in total. The van der Waals surface area contributed by atoms with Crippen molar-refractivity contribution in [3.8, 4) is 5.69 Å². The zero-order chi connectivity index (χ0) is 20.3. The number of nitrogens with one attached hydrogen (secondary N) is 1. The fourth-order valence-corrected chi connectivity index (χ4v) is 2.93. The lowest BCUT2D eigenvalue weighted by molar-refractivity contribution is -0.384. The van der Waals surface area contributed by atoms with Gasteiger partial charge in [0.1, 0.15) is 5.69 Å². The number of carbonyl (C=O) groups excluding carboxylic acids is 1. The number of nitro groups is 1. The second kappa shape index (κ2) is 7.89. The van der Waals surface area contributed by atoms with Crippen LogP contribution in [0, 0.1) is 10.1 Å². The molecule has 1 atom stereocenters. The first kappa shape index (κ1) is 19.1. The van der Waals surface area contributed by atoms with Crippen molar-refractivity contribution in [2.24, 2.45) is 5.73 Å². The van der Waals surface area contributed by atoms with E-state index in [4.69, 9.17) is 5.73 Å². The van der Waals surface area contributed by atoms with Gasteiger partial charge in [-0.1, -0.05) is 24.3 Å². The fraction of sp³-hybridized carbons (Fsp3) is 0.158. The molecule has 0 aliphatic carbocycles. The number of nitro benzene ring substituents is 1. The molecule has 0 radical (unpaired) electrons. The molecule has 1 heterocycles. The molecule has 144 valence electrons. The Labute approximate surface area is 160 Å². The highest BCUT2D eigenvalue weighted by atomic mass is 16.6. The van der Waals surface area contributed by atoms with Crippen LogP contribution >= 0.6 is 0 Å². The van der Waals surface area contributed by atoms with Crippen molar-refractivity contribution < 1.29 is 14.5 Å². The van der Waals surface area contributed by atoms with E-state index in [2.05, 4.69) is 21.7 Å². The number of hydrogen-bond donors (Lipinski definition) is 2. The van der Waals surface area contributed by atoms with Crippen LogP contribution in [0.1, 0.15) is 18.2 Å². The van der Waals surface area contributed by atoms with Gasteiger partial charge in [0.05, 0.1) is 35.0 Å². The Kier molecular flexibility index (Phi) is 5.37. The number of aromatic nitrogens is 2. The maximum atomic E-state index is 11.7. The molecule has 0 fully saturated rings. The number of rotatable bonds is 6. The van der Waals surface area contributed by atoms with Crippen LogP contribution in [0.3, 0.4) is 0 Å². The molecule has 3 N–H and O–H groups in total. The zero-order valence-electron chi connectivity index (χ0n) is 15.2. The second-order valence-electron chi connectivity index (χ2n) is 6.02. The summed E-state index contributed by atoms with van der Waals surface area (Å²) in [6.45, 7) is 3.70. The lowest BCUT2D eigenvalue weighted by Crippen LogP contribution is -2.12. The van der Waals surface area contributed by atoms with E-state index < -0.39 is 11.0 Å². The molecule has 0 saturated heterocycles. The average Bonchev–Trinajstić information content (AvgIpc) is 3.07. The maximum Gasteiger partial charge on any atom is 0.411 e. The normalized spacial score (nSPS) is 11.8. The molecule has 0 bridgehead atoms. The standard InChI is InChI=1S/C19H19N5O4/c1-3-6-14(20)18-13-7-4-5-8-15(13)23(22-18)16-10-9-12(21-19(25)28-2)11-17(16)24(26)27/h3-5,7-11,14H,1,6,20H2,2H3,(H,21,25)/t14-/m0/s1.